The van der Waals surface area contributed by atoms with Crippen LogP contribution in [-0.4, -0.2) is 27.3 Å². The van der Waals surface area contributed by atoms with Crippen molar-refractivity contribution in [2.75, 3.05) is 11.9 Å². The summed E-state index contributed by atoms with van der Waals surface area (Å²) in [5.74, 6) is -0.398. The maximum absolute atomic E-state index is 13.5. The first-order valence-corrected chi connectivity index (χ1v) is 11.2. The van der Waals surface area contributed by atoms with Crippen LogP contribution >= 0.6 is 23.4 Å². The molecule has 0 fully saturated rings. The number of ether oxygens (including phenoxy) is 1. The summed E-state index contributed by atoms with van der Waals surface area (Å²) >= 11 is 7.44. The Morgan fingerprint density at radius 2 is 1.94 bits per heavy atom. The molecule has 0 bridgehead atoms. The van der Waals surface area contributed by atoms with Crippen molar-refractivity contribution in [3.63, 3.8) is 0 Å². The lowest BCUT2D eigenvalue weighted by molar-refractivity contribution is -0.139. The van der Waals surface area contributed by atoms with Gasteiger partial charge in [-0.3, -0.25) is 0 Å². The van der Waals surface area contributed by atoms with Gasteiger partial charge in [-0.1, -0.05) is 41.6 Å². The highest BCUT2D eigenvalue weighted by Gasteiger charge is 2.35. The molecule has 0 amide bonds. The molecule has 1 aliphatic heterocycles. The molecular formula is C22H19ClF2N4O2S. The number of allylic oxidation sites excluding steroid dienone is 1. The number of esters is 1. The van der Waals surface area contributed by atoms with Crippen LogP contribution in [0.2, 0.25) is 5.02 Å². The summed E-state index contributed by atoms with van der Waals surface area (Å²) < 4.78 is 33.7. The molecule has 1 N–H and O–H groups in total. The first-order chi connectivity index (χ1) is 15.4. The van der Waals surface area contributed by atoms with E-state index in [1.54, 1.807) is 36.7 Å². The molecule has 2 aromatic carbocycles. The van der Waals surface area contributed by atoms with Crippen LogP contribution in [0.4, 0.5) is 14.7 Å². The van der Waals surface area contributed by atoms with E-state index in [0.717, 1.165) is 5.56 Å². The van der Waals surface area contributed by atoms with Crippen molar-refractivity contribution in [3.8, 4) is 0 Å². The summed E-state index contributed by atoms with van der Waals surface area (Å²) in [6, 6.07) is 9.46. The predicted molar refractivity (Wildman–Crippen MR) is 118 cm³/mol. The smallest absolute Gasteiger partial charge is 0.338 e. The Morgan fingerprint density at radius 3 is 2.62 bits per heavy atom. The first kappa shape index (κ1) is 22.3. The summed E-state index contributed by atoms with van der Waals surface area (Å²) in [5.41, 5.74) is 2.36. The number of benzene rings is 2. The molecule has 32 heavy (non-hydrogen) atoms. The maximum atomic E-state index is 13.5. The van der Waals surface area contributed by atoms with Gasteiger partial charge >= 0.3 is 5.97 Å². The molecule has 1 atom stereocenters. The second-order valence-corrected chi connectivity index (χ2v) is 8.37. The second-order valence-electron chi connectivity index (χ2n) is 7.03. The number of carbonyl (C=O) groups is 1. The molecule has 1 aromatic heterocycles. The van der Waals surface area contributed by atoms with Gasteiger partial charge in [-0.25, -0.2) is 18.3 Å². The molecule has 10 heteroatoms. The number of nitrogens with one attached hydrogen (secondary N) is 1. The lowest BCUT2D eigenvalue weighted by Gasteiger charge is -2.28. The standard InChI is InChI=1S/C22H19ClF2N4O2S/c1-3-31-20(30)18-12(2)26-21-27-22(32-11-14-6-9-16(25)10-17(14)23)28-29(21)19(18)13-4-7-15(24)8-5-13/h4-10,19H,3,11H2,1-2H3,(H,26,27,28)/t19-/m1/s1. The van der Waals surface area contributed by atoms with Gasteiger partial charge in [0, 0.05) is 16.5 Å². The van der Waals surface area contributed by atoms with Crippen LogP contribution in [0.15, 0.2) is 58.9 Å². The third-order valence-electron chi connectivity index (χ3n) is 4.89. The average molecular weight is 477 g/mol. The van der Waals surface area contributed by atoms with Gasteiger partial charge in [0.1, 0.15) is 17.7 Å². The molecule has 166 valence electrons. The van der Waals surface area contributed by atoms with Crippen molar-refractivity contribution in [1.29, 1.82) is 0 Å². The number of thioether (sulfide) groups is 1. The van der Waals surface area contributed by atoms with Crippen LogP contribution < -0.4 is 5.32 Å². The number of aromatic nitrogens is 3. The number of hydrogen-bond donors (Lipinski definition) is 1. The molecule has 0 saturated carbocycles. The molecule has 1 aliphatic rings. The summed E-state index contributed by atoms with van der Waals surface area (Å²) in [5, 5.41) is 8.44. The maximum Gasteiger partial charge on any atom is 0.338 e. The predicted octanol–water partition coefficient (Wildman–Crippen LogP) is 5.35. The van der Waals surface area contributed by atoms with Gasteiger partial charge in [0.05, 0.1) is 12.2 Å². The van der Waals surface area contributed by atoms with Crippen LogP contribution in [0, 0.1) is 11.6 Å². The van der Waals surface area contributed by atoms with Crippen molar-refractivity contribution in [3.05, 3.63) is 81.5 Å². The first-order valence-electron chi connectivity index (χ1n) is 9.81. The van der Waals surface area contributed by atoms with E-state index >= 15 is 0 Å². The highest BCUT2D eigenvalue weighted by atomic mass is 35.5. The molecule has 0 spiro atoms. The summed E-state index contributed by atoms with van der Waals surface area (Å²) in [4.78, 5) is 17.3. The molecule has 4 rings (SSSR count). The van der Waals surface area contributed by atoms with E-state index in [1.165, 1.54) is 36.0 Å². The van der Waals surface area contributed by atoms with E-state index in [4.69, 9.17) is 16.3 Å². The van der Waals surface area contributed by atoms with Crippen LogP contribution in [0.25, 0.3) is 0 Å². The number of hydrogen-bond acceptors (Lipinski definition) is 6. The van der Waals surface area contributed by atoms with Gasteiger partial charge in [-0.15, -0.1) is 5.10 Å². The molecule has 0 aliphatic carbocycles. The molecular weight excluding hydrogens is 458 g/mol. The van der Waals surface area contributed by atoms with E-state index in [1.807, 2.05) is 0 Å². The third-order valence-corrected chi connectivity index (χ3v) is 6.12. The number of halogens is 3. The monoisotopic (exact) mass is 476 g/mol. The van der Waals surface area contributed by atoms with Gasteiger partial charge in [0.15, 0.2) is 0 Å². The van der Waals surface area contributed by atoms with E-state index < -0.39 is 17.8 Å². The van der Waals surface area contributed by atoms with Crippen molar-refractivity contribution >= 4 is 35.3 Å². The average Bonchev–Trinajstić information content (AvgIpc) is 3.15. The van der Waals surface area contributed by atoms with Crippen molar-refractivity contribution in [2.24, 2.45) is 0 Å². The van der Waals surface area contributed by atoms with Crippen LogP contribution in [0.5, 0.6) is 0 Å². The highest BCUT2D eigenvalue weighted by Crippen LogP contribution is 2.37. The van der Waals surface area contributed by atoms with E-state index in [0.29, 0.717) is 38.7 Å². The summed E-state index contributed by atoms with van der Waals surface area (Å²) in [6.45, 7) is 3.70. The van der Waals surface area contributed by atoms with Gasteiger partial charge in [-0.05, 0) is 49.2 Å². The minimum absolute atomic E-state index is 0.218. The highest BCUT2D eigenvalue weighted by molar-refractivity contribution is 7.98. The largest absolute Gasteiger partial charge is 0.463 e. The molecule has 3 aromatic rings. The normalized spacial score (nSPS) is 15.3. The molecule has 2 heterocycles. The van der Waals surface area contributed by atoms with Crippen molar-refractivity contribution < 1.29 is 18.3 Å². The SMILES string of the molecule is CCOC(=O)C1=C(C)Nc2nc(SCc3ccc(F)cc3Cl)nn2[C@@H]1c1ccc(F)cc1. The zero-order valence-corrected chi connectivity index (χ0v) is 18.8. The Labute approximate surface area is 192 Å². The number of fused-ring (bicyclic) bond motifs is 1. The fraction of sp³-hybridized carbons (Fsp3) is 0.227. The Hall–Kier alpha value is -2.91. The van der Waals surface area contributed by atoms with Crippen LogP contribution in [0.3, 0.4) is 0 Å². The number of rotatable bonds is 6. The van der Waals surface area contributed by atoms with Crippen molar-refractivity contribution in [2.45, 2.75) is 30.8 Å². The Balaban J connectivity index is 1.68. The van der Waals surface area contributed by atoms with E-state index in [9.17, 15) is 13.6 Å². The molecule has 0 unspecified atom stereocenters. The Morgan fingerprint density at radius 1 is 1.22 bits per heavy atom. The second kappa shape index (κ2) is 9.30. The molecule has 6 nitrogen and oxygen atoms in total. The number of nitrogens with zero attached hydrogens (tertiary/aromatic N) is 3. The number of carbonyl (C=O) groups excluding carboxylic acids is 1. The quantitative estimate of drug-likeness (QED) is 0.382. The van der Waals surface area contributed by atoms with E-state index in [-0.39, 0.29) is 12.4 Å². The topological polar surface area (TPSA) is 69.0 Å². The zero-order chi connectivity index (χ0) is 22.8. The fourth-order valence-corrected chi connectivity index (χ4v) is 4.55. The third kappa shape index (κ3) is 4.49. The number of anilines is 1. The Kier molecular flexibility index (Phi) is 6.48. The zero-order valence-electron chi connectivity index (χ0n) is 17.2. The van der Waals surface area contributed by atoms with Crippen molar-refractivity contribution in [1.82, 2.24) is 14.8 Å². The van der Waals surface area contributed by atoms with E-state index in [2.05, 4.69) is 15.4 Å². The minimum atomic E-state index is -0.637. The summed E-state index contributed by atoms with van der Waals surface area (Å²) in [7, 11) is 0. The fourth-order valence-electron chi connectivity index (χ4n) is 3.40. The lowest BCUT2D eigenvalue weighted by Crippen LogP contribution is -2.29. The lowest BCUT2D eigenvalue weighted by atomic mass is 9.96. The van der Waals surface area contributed by atoms with Gasteiger partial charge in [0.25, 0.3) is 0 Å². The minimum Gasteiger partial charge on any atom is -0.463 e. The molecule has 0 radical (unpaired) electrons. The van der Waals surface area contributed by atoms with Gasteiger partial charge < -0.3 is 10.1 Å². The van der Waals surface area contributed by atoms with Gasteiger partial charge in [0.2, 0.25) is 11.1 Å². The molecule has 0 saturated heterocycles. The van der Waals surface area contributed by atoms with Crippen LogP contribution in [-0.2, 0) is 15.3 Å². The van der Waals surface area contributed by atoms with Gasteiger partial charge in [-0.2, -0.15) is 4.98 Å². The summed E-state index contributed by atoms with van der Waals surface area (Å²) in [6.07, 6.45) is 0. The van der Waals surface area contributed by atoms with Crippen LogP contribution in [0.1, 0.15) is 31.0 Å². The Bertz CT molecular complexity index is 1200.